The van der Waals surface area contributed by atoms with E-state index in [0.717, 1.165) is 10.0 Å². The van der Waals surface area contributed by atoms with Crippen molar-refractivity contribution in [2.24, 2.45) is 16.6 Å². The Balaban J connectivity index is 2.23. The molecular formula is C13H12BrN5O. The maximum absolute atomic E-state index is 11.9. The molecule has 0 spiro atoms. The lowest BCUT2D eigenvalue weighted by atomic mass is 9.88. The van der Waals surface area contributed by atoms with Crippen molar-refractivity contribution >= 4 is 33.5 Å². The molecule has 1 aliphatic heterocycles. The number of fused-ring (bicyclic) bond motifs is 1. The zero-order chi connectivity index (χ0) is 14.3. The monoisotopic (exact) mass is 333 g/mol. The third-order valence-electron chi connectivity index (χ3n) is 3.39. The van der Waals surface area contributed by atoms with E-state index in [2.05, 4.69) is 31.0 Å². The lowest BCUT2D eigenvalue weighted by Crippen LogP contribution is -2.39. The minimum Gasteiger partial charge on any atom is -0.369 e. The highest BCUT2D eigenvalue weighted by Gasteiger charge is 2.38. The van der Waals surface area contributed by atoms with Gasteiger partial charge in [-0.25, -0.2) is 9.67 Å². The molecule has 0 radical (unpaired) electrons. The van der Waals surface area contributed by atoms with Gasteiger partial charge in [0.2, 0.25) is 11.9 Å². The van der Waals surface area contributed by atoms with Gasteiger partial charge in [-0.2, -0.15) is 10.1 Å². The Morgan fingerprint density at radius 1 is 1.40 bits per heavy atom. The van der Waals surface area contributed by atoms with Crippen molar-refractivity contribution in [2.45, 2.75) is 13.0 Å². The quantitative estimate of drug-likeness (QED) is 0.909. The summed E-state index contributed by atoms with van der Waals surface area (Å²) in [6.45, 7) is 1.79. The van der Waals surface area contributed by atoms with Crippen LogP contribution in [0.25, 0.3) is 0 Å². The molecule has 2 atom stereocenters. The van der Waals surface area contributed by atoms with Gasteiger partial charge in [0, 0.05) is 10.2 Å². The molecule has 2 N–H and O–H groups in total. The zero-order valence-corrected chi connectivity index (χ0v) is 12.3. The molecule has 1 amide bonds. The predicted molar refractivity (Wildman–Crippen MR) is 77.8 cm³/mol. The van der Waals surface area contributed by atoms with Crippen molar-refractivity contribution < 1.29 is 4.79 Å². The number of hydrogen-bond acceptors (Lipinski definition) is 4. The van der Waals surface area contributed by atoms with E-state index < -0.39 is 11.8 Å². The number of amides is 1. The SMILES string of the molecule is CC1=Nc2ncnn2C(c2ccccc2Br)C1C(N)=O. The lowest BCUT2D eigenvalue weighted by molar-refractivity contribution is -0.120. The second kappa shape index (κ2) is 4.82. The van der Waals surface area contributed by atoms with E-state index in [9.17, 15) is 4.79 Å². The zero-order valence-electron chi connectivity index (χ0n) is 10.7. The van der Waals surface area contributed by atoms with Gasteiger partial charge in [0.15, 0.2) is 0 Å². The number of hydrogen-bond donors (Lipinski definition) is 1. The summed E-state index contributed by atoms with van der Waals surface area (Å²) in [7, 11) is 0. The Morgan fingerprint density at radius 3 is 2.85 bits per heavy atom. The number of rotatable bonds is 2. The lowest BCUT2D eigenvalue weighted by Gasteiger charge is -2.29. The van der Waals surface area contributed by atoms with Crippen molar-refractivity contribution in [3.05, 3.63) is 40.6 Å². The summed E-state index contributed by atoms with van der Waals surface area (Å²) in [5, 5.41) is 4.19. The molecule has 0 saturated carbocycles. The van der Waals surface area contributed by atoms with Crippen LogP contribution >= 0.6 is 15.9 Å². The number of halogens is 1. The van der Waals surface area contributed by atoms with Crippen LogP contribution in [0.3, 0.4) is 0 Å². The van der Waals surface area contributed by atoms with Gasteiger partial charge in [-0.1, -0.05) is 34.1 Å². The van der Waals surface area contributed by atoms with E-state index in [1.165, 1.54) is 6.33 Å². The molecule has 0 bridgehead atoms. The molecule has 102 valence electrons. The summed E-state index contributed by atoms with van der Waals surface area (Å²) in [5.41, 5.74) is 7.14. The topological polar surface area (TPSA) is 86.2 Å². The standard InChI is InChI=1S/C13H12BrN5O/c1-7-10(12(15)20)11(8-4-2-3-5-9(8)14)19-13(18-7)16-6-17-19/h2-6,10-11H,1H3,(H2,15,20). The average Bonchev–Trinajstić information content (AvgIpc) is 2.85. The first-order chi connectivity index (χ1) is 9.59. The van der Waals surface area contributed by atoms with Gasteiger partial charge < -0.3 is 5.73 Å². The van der Waals surface area contributed by atoms with Crippen LogP contribution < -0.4 is 5.73 Å². The summed E-state index contributed by atoms with van der Waals surface area (Å²) in [4.78, 5) is 20.3. The molecule has 2 aromatic rings. The van der Waals surface area contributed by atoms with Crippen LogP contribution in [-0.4, -0.2) is 26.4 Å². The summed E-state index contributed by atoms with van der Waals surface area (Å²) < 4.78 is 2.54. The summed E-state index contributed by atoms with van der Waals surface area (Å²) >= 11 is 3.51. The Hall–Kier alpha value is -2.02. The molecule has 1 aromatic carbocycles. The normalized spacial score (nSPS) is 21.2. The Morgan fingerprint density at radius 2 is 2.15 bits per heavy atom. The number of aliphatic imine (C=N–C) groups is 1. The van der Waals surface area contributed by atoms with Crippen molar-refractivity contribution in [3.63, 3.8) is 0 Å². The molecule has 2 unspecified atom stereocenters. The van der Waals surface area contributed by atoms with Crippen LogP contribution in [-0.2, 0) is 4.79 Å². The van der Waals surface area contributed by atoms with Crippen molar-refractivity contribution in [1.29, 1.82) is 0 Å². The number of primary amides is 1. The van der Waals surface area contributed by atoms with Gasteiger partial charge in [0.25, 0.3) is 0 Å². The minimum absolute atomic E-state index is 0.335. The third-order valence-corrected chi connectivity index (χ3v) is 4.11. The molecular weight excluding hydrogens is 322 g/mol. The van der Waals surface area contributed by atoms with E-state index in [1.807, 2.05) is 24.3 Å². The second-order valence-electron chi connectivity index (χ2n) is 4.60. The second-order valence-corrected chi connectivity index (χ2v) is 5.46. The van der Waals surface area contributed by atoms with Crippen LogP contribution in [0.15, 0.2) is 40.1 Å². The van der Waals surface area contributed by atoms with Crippen LogP contribution in [0.5, 0.6) is 0 Å². The molecule has 2 heterocycles. The molecule has 1 aliphatic rings. The number of nitrogens with zero attached hydrogens (tertiary/aromatic N) is 4. The van der Waals surface area contributed by atoms with Crippen molar-refractivity contribution in [1.82, 2.24) is 14.8 Å². The summed E-state index contributed by atoms with van der Waals surface area (Å²) in [6, 6.07) is 7.35. The van der Waals surface area contributed by atoms with E-state index in [0.29, 0.717) is 11.7 Å². The fourth-order valence-corrected chi connectivity index (χ4v) is 3.02. The Kier molecular flexibility index (Phi) is 3.13. The third kappa shape index (κ3) is 1.94. The number of benzene rings is 1. The maximum atomic E-state index is 11.9. The van der Waals surface area contributed by atoms with Gasteiger partial charge in [-0.3, -0.25) is 4.79 Å². The average molecular weight is 334 g/mol. The highest BCUT2D eigenvalue weighted by molar-refractivity contribution is 9.10. The molecule has 3 rings (SSSR count). The Labute approximate surface area is 123 Å². The largest absolute Gasteiger partial charge is 0.369 e. The smallest absolute Gasteiger partial charge is 0.248 e. The van der Waals surface area contributed by atoms with E-state index in [1.54, 1.807) is 11.6 Å². The van der Waals surface area contributed by atoms with Crippen LogP contribution in [0.2, 0.25) is 0 Å². The van der Waals surface area contributed by atoms with Crippen LogP contribution in [0.1, 0.15) is 18.5 Å². The minimum atomic E-state index is -0.539. The van der Waals surface area contributed by atoms with Gasteiger partial charge in [0.05, 0.1) is 6.04 Å². The number of aromatic nitrogens is 3. The molecule has 7 heteroatoms. The molecule has 6 nitrogen and oxygen atoms in total. The van der Waals surface area contributed by atoms with E-state index in [-0.39, 0.29) is 6.04 Å². The molecule has 0 fully saturated rings. The van der Waals surface area contributed by atoms with E-state index in [4.69, 9.17) is 5.73 Å². The van der Waals surface area contributed by atoms with E-state index >= 15 is 0 Å². The van der Waals surface area contributed by atoms with Crippen LogP contribution in [0.4, 0.5) is 5.95 Å². The van der Waals surface area contributed by atoms with Crippen molar-refractivity contribution in [3.8, 4) is 0 Å². The first-order valence-corrected chi connectivity index (χ1v) is 6.87. The fraction of sp³-hybridized carbons (Fsp3) is 0.231. The number of carbonyl (C=O) groups excluding carboxylic acids is 1. The molecule has 1 aromatic heterocycles. The molecule has 0 aliphatic carbocycles. The first kappa shape index (κ1) is 13.0. The van der Waals surface area contributed by atoms with Gasteiger partial charge in [-0.15, -0.1) is 0 Å². The van der Waals surface area contributed by atoms with Crippen molar-refractivity contribution in [2.75, 3.05) is 0 Å². The van der Waals surface area contributed by atoms with Gasteiger partial charge in [-0.05, 0) is 18.6 Å². The maximum Gasteiger partial charge on any atom is 0.248 e. The first-order valence-electron chi connectivity index (χ1n) is 6.08. The highest BCUT2D eigenvalue weighted by Crippen LogP contribution is 2.37. The molecule has 0 saturated heterocycles. The van der Waals surface area contributed by atoms with Gasteiger partial charge in [0.1, 0.15) is 12.2 Å². The highest BCUT2D eigenvalue weighted by atomic mass is 79.9. The predicted octanol–water partition coefficient (Wildman–Crippen LogP) is 1.84. The number of nitrogens with two attached hydrogens (primary N) is 1. The Bertz CT molecular complexity index is 708. The summed E-state index contributed by atoms with van der Waals surface area (Å²) in [6.07, 6.45) is 1.43. The fourth-order valence-electron chi connectivity index (χ4n) is 2.50. The van der Waals surface area contributed by atoms with Gasteiger partial charge >= 0.3 is 0 Å². The number of carbonyl (C=O) groups is 1. The molecule has 20 heavy (non-hydrogen) atoms. The van der Waals surface area contributed by atoms with Crippen LogP contribution in [0, 0.1) is 5.92 Å². The summed E-state index contributed by atoms with van der Waals surface area (Å²) in [5.74, 6) is -0.475.